The van der Waals surface area contributed by atoms with Crippen molar-refractivity contribution in [1.29, 1.82) is 0 Å². The van der Waals surface area contributed by atoms with Crippen molar-refractivity contribution in [2.24, 2.45) is 0 Å². The van der Waals surface area contributed by atoms with Crippen molar-refractivity contribution < 1.29 is 23.5 Å². The van der Waals surface area contributed by atoms with Crippen LogP contribution in [0.15, 0.2) is 48.5 Å². The van der Waals surface area contributed by atoms with E-state index >= 15 is 0 Å². The topological polar surface area (TPSA) is 76.9 Å². The Balaban J connectivity index is 1.38. The molecule has 5 rings (SSSR count). The predicted molar refractivity (Wildman–Crippen MR) is 124 cm³/mol. The van der Waals surface area contributed by atoms with Crippen LogP contribution in [-0.4, -0.2) is 64.9 Å². The number of benzene rings is 2. The molecule has 0 aliphatic carbocycles. The van der Waals surface area contributed by atoms with Gasteiger partial charge < -0.3 is 18.9 Å². The van der Waals surface area contributed by atoms with Crippen LogP contribution in [0.5, 0.6) is 0 Å². The van der Waals surface area contributed by atoms with Crippen molar-refractivity contribution >= 4 is 28.7 Å². The number of hydrogen-bond donors (Lipinski definition) is 0. The quantitative estimate of drug-likeness (QED) is 0.588. The highest BCUT2D eigenvalue weighted by Crippen LogP contribution is 2.31. The number of imidazole rings is 1. The minimum atomic E-state index is -0.991. The molecule has 2 aliphatic rings. The van der Waals surface area contributed by atoms with Crippen LogP contribution in [0.4, 0.5) is 14.9 Å². The molecule has 2 saturated heterocycles. The second-order valence-electron chi connectivity index (χ2n) is 9.18. The molecular formula is C25H27FN4O4. The highest BCUT2D eigenvalue weighted by Gasteiger charge is 2.49. The molecular weight excluding hydrogens is 439 g/mol. The van der Waals surface area contributed by atoms with Crippen LogP contribution in [0, 0.1) is 5.82 Å². The average molecular weight is 467 g/mol. The molecule has 3 aromatic rings. The third kappa shape index (κ3) is 4.11. The largest absolute Gasteiger partial charge is 0.436 e. The average Bonchev–Trinajstić information content (AvgIpc) is 3.26. The predicted octanol–water partition coefficient (Wildman–Crippen LogP) is 3.55. The van der Waals surface area contributed by atoms with Crippen molar-refractivity contribution in [1.82, 2.24) is 14.5 Å². The summed E-state index contributed by atoms with van der Waals surface area (Å²) in [4.78, 5) is 34.0. The van der Waals surface area contributed by atoms with Crippen LogP contribution < -0.4 is 4.90 Å². The second-order valence-corrected chi connectivity index (χ2v) is 9.18. The Morgan fingerprint density at radius 1 is 1.15 bits per heavy atom. The van der Waals surface area contributed by atoms with Crippen molar-refractivity contribution in [3.8, 4) is 0 Å². The third-order valence-electron chi connectivity index (χ3n) is 6.30. The van der Waals surface area contributed by atoms with Gasteiger partial charge in [-0.05, 0) is 36.4 Å². The van der Waals surface area contributed by atoms with Crippen LogP contribution in [0.2, 0.25) is 0 Å². The lowest BCUT2D eigenvalue weighted by molar-refractivity contribution is -0.133. The summed E-state index contributed by atoms with van der Waals surface area (Å²) in [6.07, 6.45) is -0.535. The van der Waals surface area contributed by atoms with Crippen LogP contribution in [0.25, 0.3) is 11.0 Å². The van der Waals surface area contributed by atoms with Gasteiger partial charge >= 0.3 is 6.09 Å². The van der Waals surface area contributed by atoms with Gasteiger partial charge in [0.25, 0.3) is 0 Å². The lowest BCUT2D eigenvalue weighted by Crippen LogP contribution is -2.50. The molecule has 1 aromatic heterocycles. The number of rotatable bonds is 4. The van der Waals surface area contributed by atoms with Crippen molar-refractivity contribution in [2.45, 2.75) is 31.9 Å². The number of nitrogens with zero attached hydrogens (tertiary/aromatic N) is 4. The van der Waals surface area contributed by atoms with E-state index < -0.39 is 11.7 Å². The Bertz CT molecular complexity index is 1230. The summed E-state index contributed by atoms with van der Waals surface area (Å²) in [5.74, 6) is 0.531. The third-order valence-corrected chi connectivity index (χ3v) is 6.30. The maximum absolute atomic E-state index is 13.5. The van der Waals surface area contributed by atoms with Crippen molar-refractivity contribution in [2.75, 3.05) is 37.7 Å². The first-order valence-corrected chi connectivity index (χ1v) is 11.4. The number of fused-ring (bicyclic) bond motifs is 1. The summed E-state index contributed by atoms with van der Waals surface area (Å²) in [5.41, 5.74) is 1.32. The van der Waals surface area contributed by atoms with E-state index in [9.17, 15) is 14.0 Å². The highest BCUT2D eigenvalue weighted by molar-refractivity contribution is 5.90. The molecule has 0 radical (unpaired) electrons. The van der Waals surface area contributed by atoms with E-state index in [1.54, 1.807) is 4.90 Å². The fourth-order valence-corrected chi connectivity index (χ4v) is 4.66. The molecule has 2 aliphatic heterocycles. The van der Waals surface area contributed by atoms with E-state index in [0.29, 0.717) is 18.8 Å². The summed E-state index contributed by atoms with van der Waals surface area (Å²) in [7, 11) is 0. The summed E-state index contributed by atoms with van der Waals surface area (Å²) >= 11 is 0. The second kappa shape index (κ2) is 8.72. The summed E-state index contributed by atoms with van der Waals surface area (Å²) in [6, 6.07) is 13.5. The molecule has 8 nitrogen and oxygen atoms in total. The minimum Gasteiger partial charge on any atom is -0.436 e. The van der Waals surface area contributed by atoms with Crippen LogP contribution in [0.3, 0.4) is 0 Å². The van der Waals surface area contributed by atoms with Gasteiger partial charge in [-0.15, -0.1) is 0 Å². The zero-order valence-corrected chi connectivity index (χ0v) is 19.2. The standard InChI is InChI=1S/C25H27FN4O4/c1-17(2)23-27-20-5-3-4-6-21(20)29(23)13-22(31)28-11-12-33-16-25(14-28)15-30(24(32)34-25)19-9-7-18(26)8-10-19/h3-10,17H,11-16H2,1-2H3/t25-/m1/s1. The number of aromatic nitrogens is 2. The van der Waals surface area contributed by atoms with Gasteiger partial charge in [-0.1, -0.05) is 26.0 Å². The molecule has 0 N–H and O–H groups in total. The first-order chi connectivity index (χ1) is 16.3. The maximum Gasteiger partial charge on any atom is 0.415 e. The Labute approximate surface area is 196 Å². The molecule has 9 heteroatoms. The molecule has 2 fully saturated rings. The number of carbonyl (C=O) groups excluding carboxylic acids is 2. The Morgan fingerprint density at radius 2 is 1.91 bits per heavy atom. The van der Waals surface area contributed by atoms with Crippen LogP contribution in [-0.2, 0) is 20.8 Å². The molecule has 0 saturated carbocycles. The fraction of sp³-hybridized carbons (Fsp3) is 0.400. The first-order valence-electron chi connectivity index (χ1n) is 11.4. The normalized spacial score (nSPS) is 20.9. The highest BCUT2D eigenvalue weighted by atomic mass is 19.1. The Hall–Kier alpha value is -3.46. The molecule has 34 heavy (non-hydrogen) atoms. The lowest BCUT2D eigenvalue weighted by atomic mass is 10.0. The molecule has 0 unspecified atom stereocenters. The zero-order valence-electron chi connectivity index (χ0n) is 19.2. The summed E-state index contributed by atoms with van der Waals surface area (Å²) in [5, 5.41) is 0. The minimum absolute atomic E-state index is 0.0915. The van der Waals surface area contributed by atoms with Gasteiger partial charge in [0, 0.05) is 18.2 Å². The van der Waals surface area contributed by atoms with Gasteiger partial charge in [0.2, 0.25) is 5.91 Å². The van der Waals surface area contributed by atoms with Gasteiger partial charge in [-0.3, -0.25) is 9.69 Å². The molecule has 2 amide bonds. The SMILES string of the molecule is CC(C)c1nc2ccccc2n1CC(=O)N1CCOC[C@@]2(C1)CN(c1ccc(F)cc1)C(=O)O2. The molecule has 1 atom stereocenters. The van der Waals surface area contributed by atoms with Crippen molar-refractivity contribution in [3.63, 3.8) is 0 Å². The van der Waals surface area contributed by atoms with Gasteiger partial charge in [0.15, 0.2) is 5.60 Å². The first kappa shape index (κ1) is 22.3. The van der Waals surface area contributed by atoms with E-state index in [1.807, 2.05) is 28.8 Å². The van der Waals surface area contributed by atoms with Gasteiger partial charge in [-0.25, -0.2) is 14.2 Å². The summed E-state index contributed by atoms with van der Waals surface area (Å²) < 4.78 is 26.8. The molecule has 2 aromatic carbocycles. The van der Waals surface area contributed by atoms with Crippen molar-refractivity contribution in [3.05, 3.63) is 60.2 Å². The number of para-hydroxylation sites is 2. The lowest BCUT2D eigenvalue weighted by Gasteiger charge is -2.30. The van der Waals surface area contributed by atoms with Gasteiger partial charge in [0.05, 0.1) is 37.3 Å². The maximum atomic E-state index is 13.5. The number of amides is 2. The molecule has 3 heterocycles. The Kier molecular flexibility index (Phi) is 5.73. The van der Waals surface area contributed by atoms with E-state index in [2.05, 4.69) is 13.8 Å². The number of anilines is 1. The monoisotopic (exact) mass is 466 g/mol. The molecule has 1 spiro atoms. The molecule has 178 valence electrons. The van der Waals surface area contributed by atoms with E-state index in [4.69, 9.17) is 14.5 Å². The fourth-order valence-electron chi connectivity index (χ4n) is 4.66. The number of hydrogen-bond acceptors (Lipinski definition) is 5. The number of ether oxygens (including phenoxy) is 2. The van der Waals surface area contributed by atoms with E-state index in [1.165, 1.54) is 29.2 Å². The van der Waals surface area contributed by atoms with Crippen LogP contribution in [0.1, 0.15) is 25.6 Å². The summed E-state index contributed by atoms with van der Waals surface area (Å²) in [6.45, 7) is 5.62. The Morgan fingerprint density at radius 3 is 2.68 bits per heavy atom. The molecule has 0 bridgehead atoms. The number of carbonyl (C=O) groups is 2. The van der Waals surface area contributed by atoms with Gasteiger partial charge in [0.1, 0.15) is 18.2 Å². The van der Waals surface area contributed by atoms with Gasteiger partial charge in [-0.2, -0.15) is 0 Å². The van der Waals surface area contributed by atoms with Crippen LogP contribution >= 0.6 is 0 Å². The zero-order chi connectivity index (χ0) is 23.9. The smallest absolute Gasteiger partial charge is 0.415 e. The van der Waals surface area contributed by atoms with E-state index in [-0.39, 0.29) is 43.9 Å². The number of halogens is 1. The van der Waals surface area contributed by atoms with E-state index in [0.717, 1.165) is 16.9 Å².